The van der Waals surface area contributed by atoms with Gasteiger partial charge in [0.15, 0.2) is 0 Å². The van der Waals surface area contributed by atoms with Crippen molar-refractivity contribution in [1.82, 2.24) is 10.4 Å². The average molecular weight is 461 g/mol. The van der Waals surface area contributed by atoms with Gasteiger partial charge in [0, 0.05) is 10.4 Å². The van der Waals surface area contributed by atoms with Crippen LogP contribution in [-0.2, 0) is 9.59 Å². The number of amides is 2. The standard InChI is InChI=1S/C25H18ClFN4O2/c26-16-6-11-21-20(12-16)19(15-4-2-1-3-5-15)13-23(28-21)30-29-22-14-24(32)31(25(22)33)18-9-7-17(27)8-10-18/h1-13,22,29H,14H2,(H,28,30). The lowest BCUT2D eigenvalue weighted by Crippen LogP contribution is -2.41. The number of rotatable bonds is 5. The van der Waals surface area contributed by atoms with Crippen LogP contribution in [0.25, 0.3) is 22.0 Å². The highest BCUT2D eigenvalue weighted by Crippen LogP contribution is 2.32. The molecular weight excluding hydrogens is 443 g/mol. The lowest BCUT2D eigenvalue weighted by molar-refractivity contribution is -0.121. The lowest BCUT2D eigenvalue weighted by atomic mass is 10.0. The Balaban J connectivity index is 1.41. The van der Waals surface area contributed by atoms with E-state index in [0.717, 1.165) is 26.9 Å². The van der Waals surface area contributed by atoms with E-state index in [9.17, 15) is 14.0 Å². The van der Waals surface area contributed by atoms with Crippen LogP contribution in [0.3, 0.4) is 0 Å². The summed E-state index contributed by atoms with van der Waals surface area (Å²) in [5, 5.41) is 1.50. The molecule has 1 aliphatic heterocycles. The molecule has 0 saturated carbocycles. The van der Waals surface area contributed by atoms with Crippen LogP contribution in [0.15, 0.2) is 78.9 Å². The van der Waals surface area contributed by atoms with E-state index in [1.54, 1.807) is 6.07 Å². The van der Waals surface area contributed by atoms with Crippen molar-refractivity contribution >= 4 is 45.8 Å². The maximum atomic E-state index is 13.2. The minimum Gasteiger partial charge on any atom is -0.305 e. The van der Waals surface area contributed by atoms with Crippen molar-refractivity contribution in [3.05, 3.63) is 89.7 Å². The quantitative estimate of drug-likeness (QED) is 0.326. The van der Waals surface area contributed by atoms with Gasteiger partial charge in [0.1, 0.15) is 17.7 Å². The van der Waals surface area contributed by atoms with Gasteiger partial charge >= 0.3 is 0 Å². The third-order valence-corrected chi connectivity index (χ3v) is 5.70. The Morgan fingerprint density at radius 3 is 2.48 bits per heavy atom. The molecule has 4 aromatic rings. The van der Waals surface area contributed by atoms with E-state index in [4.69, 9.17) is 11.6 Å². The van der Waals surface area contributed by atoms with Crippen molar-refractivity contribution in [3.63, 3.8) is 0 Å². The molecule has 1 aromatic heterocycles. The number of nitrogens with one attached hydrogen (secondary N) is 2. The molecule has 1 saturated heterocycles. The number of hydrazine groups is 1. The summed E-state index contributed by atoms with van der Waals surface area (Å²) in [4.78, 5) is 31.0. The lowest BCUT2D eigenvalue weighted by Gasteiger charge is -2.17. The van der Waals surface area contributed by atoms with E-state index in [1.165, 1.54) is 24.3 Å². The van der Waals surface area contributed by atoms with Gasteiger partial charge in [-0.2, -0.15) is 0 Å². The van der Waals surface area contributed by atoms with Gasteiger partial charge in [0.2, 0.25) is 5.91 Å². The van der Waals surface area contributed by atoms with Crippen molar-refractivity contribution in [2.45, 2.75) is 12.5 Å². The van der Waals surface area contributed by atoms with Crippen LogP contribution in [0.2, 0.25) is 5.02 Å². The van der Waals surface area contributed by atoms with Gasteiger partial charge in [0.25, 0.3) is 5.91 Å². The van der Waals surface area contributed by atoms with Crippen molar-refractivity contribution < 1.29 is 14.0 Å². The molecule has 8 heteroatoms. The second-order valence-corrected chi connectivity index (χ2v) is 8.09. The van der Waals surface area contributed by atoms with Crippen LogP contribution in [-0.4, -0.2) is 22.8 Å². The largest absolute Gasteiger partial charge is 0.305 e. The minimum atomic E-state index is -0.787. The van der Waals surface area contributed by atoms with E-state index in [1.807, 2.05) is 48.5 Å². The summed E-state index contributed by atoms with van der Waals surface area (Å²) in [5.41, 5.74) is 8.88. The van der Waals surface area contributed by atoms with Crippen molar-refractivity contribution in [1.29, 1.82) is 0 Å². The Bertz CT molecular complexity index is 1360. The Kier molecular flexibility index (Phi) is 5.50. The van der Waals surface area contributed by atoms with E-state index in [0.29, 0.717) is 16.5 Å². The highest BCUT2D eigenvalue weighted by atomic mass is 35.5. The topological polar surface area (TPSA) is 74.3 Å². The zero-order chi connectivity index (χ0) is 22.9. The Hall–Kier alpha value is -3.81. The van der Waals surface area contributed by atoms with E-state index in [-0.39, 0.29) is 12.3 Å². The molecule has 164 valence electrons. The molecule has 0 spiro atoms. The van der Waals surface area contributed by atoms with Gasteiger partial charge in [-0.25, -0.2) is 19.7 Å². The summed E-state index contributed by atoms with van der Waals surface area (Å²) in [7, 11) is 0. The number of fused-ring (bicyclic) bond motifs is 1. The number of benzene rings is 3. The number of carbonyl (C=O) groups is 2. The smallest absolute Gasteiger partial charge is 0.253 e. The first-order valence-electron chi connectivity index (χ1n) is 10.3. The fourth-order valence-electron chi connectivity index (χ4n) is 3.89. The maximum absolute atomic E-state index is 13.2. The third kappa shape index (κ3) is 4.16. The number of hydrogen-bond donors (Lipinski definition) is 2. The highest BCUT2D eigenvalue weighted by Gasteiger charge is 2.39. The van der Waals surface area contributed by atoms with E-state index < -0.39 is 17.8 Å². The van der Waals surface area contributed by atoms with Crippen LogP contribution in [0.4, 0.5) is 15.9 Å². The van der Waals surface area contributed by atoms with Crippen LogP contribution in [0, 0.1) is 5.82 Å². The second-order valence-electron chi connectivity index (χ2n) is 7.65. The number of hydrogen-bond acceptors (Lipinski definition) is 5. The predicted molar refractivity (Wildman–Crippen MR) is 126 cm³/mol. The molecule has 1 fully saturated rings. The van der Waals surface area contributed by atoms with Crippen LogP contribution < -0.4 is 15.8 Å². The number of pyridine rings is 1. The Morgan fingerprint density at radius 2 is 1.73 bits per heavy atom. The number of aromatic nitrogens is 1. The van der Waals surface area contributed by atoms with E-state index in [2.05, 4.69) is 15.8 Å². The molecule has 1 atom stereocenters. The van der Waals surface area contributed by atoms with Gasteiger partial charge in [-0.1, -0.05) is 41.9 Å². The Morgan fingerprint density at radius 1 is 0.970 bits per heavy atom. The molecule has 0 bridgehead atoms. The number of halogens is 2. The zero-order valence-electron chi connectivity index (χ0n) is 17.3. The van der Waals surface area contributed by atoms with Gasteiger partial charge in [-0.05, 0) is 59.7 Å². The van der Waals surface area contributed by atoms with Crippen LogP contribution >= 0.6 is 11.6 Å². The number of imide groups is 1. The first-order chi connectivity index (χ1) is 16.0. The number of carbonyl (C=O) groups excluding carboxylic acids is 2. The van der Waals surface area contributed by atoms with Gasteiger partial charge in [0.05, 0.1) is 17.6 Å². The summed E-state index contributed by atoms with van der Waals surface area (Å²) in [6.07, 6.45) is -0.0298. The summed E-state index contributed by atoms with van der Waals surface area (Å²) in [6.45, 7) is 0. The predicted octanol–water partition coefficient (Wildman–Crippen LogP) is 4.94. The summed E-state index contributed by atoms with van der Waals surface area (Å²) in [5.74, 6) is -0.733. The molecular formula is C25H18ClFN4O2. The minimum absolute atomic E-state index is 0.0298. The van der Waals surface area contributed by atoms with E-state index >= 15 is 0 Å². The van der Waals surface area contributed by atoms with Crippen molar-refractivity contribution in [2.75, 3.05) is 10.3 Å². The maximum Gasteiger partial charge on any atom is 0.253 e. The van der Waals surface area contributed by atoms with Gasteiger partial charge < -0.3 is 5.43 Å². The Labute approximate surface area is 194 Å². The molecule has 3 aromatic carbocycles. The second kappa shape index (κ2) is 8.61. The first kappa shape index (κ1) is 21.1. The SMILES string of the molecule is O=C1CC(NNc2cc(-c3ccccc3)c3cc(Cl)ccc3n2)C(=O)N1c1ccc(F)cc1. The van der Waals surface area contributed by atoms with Crippen molar-refractivity contribution in [3.8, 4) is 11.1 Å². The molecule has 0 aliphatic carbocycles. The van der Waals surface area contributed by atoms with Gasteiger partial charge in [-0.15, -0.1) is 0 Å². The molecule has 1 unspecified atom stereocenters. The summed E-state index contributed by atoms with van der Waals surface area (Å²) < 4.78 is 13.2. The summed E-state index contributed by atoms with van der Waals surface area (Å²) >= 11 is 6.22. The number of anilines is 2. The molecule has 2 heterocycles. The van der Waals surface area contributed by atoms with Gasteiger partial charge in [-0.3, -0.25) is 9.59 Å². The summed E-state index contributed by atoms with van der Waals surface area (Å²) in [6, 6.07) is 21.6. The molecule has 1 aliphatic rings. The molecule has 2 N–H and O–H groups in total. The highest BCUT2D eigenvalue weighted by molar-refractivity contribution is 6.31. The molecule has 0 radical (unpaired) electrons. The van der Waals surface area contributed by atoms with Crippen LogP contribution in [0.1, 0.15) is 6.42 Å². The van der Waals surface area contributed by atoms with Crippen LogP contribution in [0.5, 0.6) is 0 Å². The molecule has 33 heavy (non-hydrogen) atoms. The third-order valence-electron chi connectivity index (χ3n) is 5.46. The average Bonchev–Trinajstić information content (AvgIpc) is 3.11. The molecule has 5 rings (SSSR count). The molecule has 6 nitrogen and oxygen atoms in total. The zero-order valence-corrected chi connectivity index (χ0v) is 18.0. The monoisotopic (exact) mass is 460 g/mol. The fourth-order valence-corrected chi connectivity index (χ4v) is 4.06. The number of nitrogens with zero attached hydrogens (tertiary/aromatic N) is 2. The first-order valence-corrected chi connectivity index (χ1v) is 10.7. The fraction of sp³-hybridized carbons (Fsp3) is 0.0800. The van der Waals surface area contributed by atoms with Crippen molar-refractivity contribution in [2.24, 2.45) is 0 Å². The normalized spacial score (nSPS) is 15.9. The molecule has 2 amide bonds.